The van der Waals surface area contributed by atoms with Gasteiger partial charge in [-0.25, -0.2) is 4.39 Å². The van der Waals surface area contributed by atoms with Gasteiger partial charge in [0.15, 0.2) is 0 Å². The highest BCUT2D eigenvalue weighted by molar-refractivity contribution is 5.95. The molecule has 1 N–H and O–H groups in total. The lowest BCUT2D eigenvalue weighted by atomic mass is 10.1. The summed E-state index contributed by atoms with van der Waals surface area (Å²) in [6, 6.07) is 12.8. The number of carbonyl (C=O) groups is 2. The number of rotatable bonds is 8. The molecular weight excluding hydrogens is 325 g/mol. The van der Waals surface area contributed by atoms with Gasteiger partial charge in [0.25, 0.3) is 5.91 Å². The molecular formula is C19H20FNO4. The molecule has 2 rings (SSSR count). The van der Waals surface area contributed by atoms with Crippen LogP contribution in [-0.4, -0.2) is 31.6 Å². The second-order valence-corrected chi connectivity index (χ2v) is 5.34. The van der Waals surface area contributed by atoms with E-state index >= 15 is 0 Å². The summed E-state index contributed by atoms with van der Waals surface area (Å²) in [5, 5.41) is 2.69. The van der Waals surface area contributed by atoms with Gasteiger partial charge in [-0.2, -0.15) is 0 Å². The molecule has 25 heavy (non-hydrogen) atoms. The number of esters is 1. The third-order valence-electron chi connectivity index (χ3n) is 3.43. The summed E-state index contributed by atoms with van der Waals surface area (Å²) in [5.41, 5.74) is 1.46. The molecule has 0 saturated heterocycles. The Hall–Kier alpha value is -2.89. The molecule has 0 heterocycles. The standard InChI is InChI=1S/C19H20FNO4/c1-14-4-2-3-5-17(14)19(23)21-11-10-18(22)25-13-12-24-16-8-6-15(20)7-9-16/h2-9H,10-13H2,1H3,(H,21,23). The summed E-state index contributed by atoms with van der Waals surface area (Å²) in [6.45, 7) is 2.31. The van der Waals surface area contributed by atoms with Crippen LogP contribution in [0.1, 0.15) is 22.3 Å². The van der Waals surface area contributed by atoms with Crippen molar-refractivity contribution < 1.29 is 23.5 Å². The summed E-state index contributed by atoms with van der Waals surface area (Å²) in [5.74, 6) is -0.479. The van der Waals surface area contributed by atoms with E-state index in [1.54, 1.807) is 12.1 Å². The predicted octanol–water partition coefficient (Wildman–Crippen LogP) is 2.88. The highest BCUT2D eigenvalue weighted by atomic mass is 19.1. The first-order valence-corrected chi connectivity index (χ1v) is 7.94. The van der Waals surface area contributed by atoms with Gasteiger partial charge in [-0.15, -0.1) is 0 Å². The van der Waals surface area contributed by atoms with Crippen molar-refractivity contribution in [2.24, 2.45) is 0 Å². The zero-order valence-electron chi connectivity index (χ0n) is 14.0. The minimum absolute atomic E-state index is 0.0775. The number of amides is 1. The molecule has 132 valence electrons. The third kappa shape index (κ3) is 6.25. The van der Waals surface area contributed by atoms with Crippen LogP contribution < -0.4 is 10.1 Å². The van der Waals surface area contributed by atoms with Crippen LogP contribution in [0.3, 0.4) is 0 Å². The van der Waals surface area contributed by atoms with E-state index < -0.39 is 5.97 Å². The number of nitrogens with one attached hydrogen (secondary N) is 1. The number of carbonyl (C=O) groups excluding carboxylic acids is 2. The van der Waals surface area contributed by atoms with Crippen molar-refractivity contribution in [2.45, 2.75) is 13.3 Å². The van der Waals surface area contributed by atoms with E-state index in [1.807, 2.05) is 19.1 Å². The molecule has 0 atom stereocenters. The Morgan fingerprint density at radius 2 is 1.76 bits per heavy atom. The molecule has 5 nitrogen and oxygen atoms in total. The number of hydrogen-bond acceptors (Lipinski definition) is 4. The van der Waals surface area contributed by atoms with E-state index in [1.165, 1.54) is 24.3 Å². The van der Waals surface area contributed by atoms with E-state index in [-0.39, 0.29) is 37.9 Å². The van der Waals surface area contributed by atoms with Crippen LogP contribution >= 0.6 is 0 Å². The lowest BCUT2D eigenvalue weighted by Crippen LogP contribution is -2.27. The van der Waals surface area contributed by atoms with Crippen molar-refractivity contribution in [3.8, 4) is 5.75 Å². The number of ether oxygens (including phenoxy) is 2. The van der Waals surface area contributed by atoms with Crippen molar-refractivity contribution >= 4 is 11.9 Å². The molecule has 0 spiro atoms. The average molecular weight is 345 g/mol. The number of hydrogen-bond donors (Lipinski definition) is 1. The predicted molar refractivity (Wildman–Crippen MR) is 91.0 cm³/mol. The van der Waals surface area contributed by atoms with Gasteiger partial charge in [0.1, 0.15) is 24.8 Å². The van der Waals surface area contributed by atoms with Gasteiger partial charge in [-0.05, 0) is 42.8 Å². The Kier molecular flexibility index (Phi) is 6.95. The molecule has 0 aliphatic carbocycles. The zero-order valence-corrected chi connectivity index (χ0v) is 14.0. The smallest absolute Gasteiger partial charge is 0.307 e. The SMILES string of the molecule is Cc1ccccc1C(=O)NCCC(=O)OCCOc1ccc(F)cc1. The first-order chi connectivity index (χ1) is 12.1. The molecule has 0 radical (unpaired) electrons. The Labute approximate surface area is 145 Å². The molecule has 6 heteroatoms. The summed E-state index contributed by atoms with van der Waals surface area (Å²) in [4.78, 5) is 23.6. The highest BCUT2D eigenvalue weighted by Gasteiger charge is 2.09. The van der Waals surface area contributed by atoms with Gasteiger partial charge in [0, 0.05) is 12.1 Å². The average Bonchev–Trinajstić information content (AvgIpc) is 2.60. The van der Waals surface area contributed by atoms with Crippen molar-refractivity contribution in [1.29, 1.82) is 0 Å². The fourth-order valence-electron chi connectivity index (χ4n) is 2.12. The molecule has 0 aromatic heterocycles. The zero-order chi connectivity index (χ0) is 18.1. The van der Waals surface area contributed by atoms with Gasteiger partial charge in [0.2, 0.25) is 0 Å². The molecule has 0 bridgehead atoms. The molecule has 0 aliphatic rings. The maximum absolute atomic E-state index is 12.7. The van der Waals surface area contributed by atoms with Gasteiger partial charge >= 0.3 is 5.97 Å². The van der Waals surface area contributed by atoms with Crippen LogP contribution in [-0.2, 0) is 9.53 Å². The summed E-state index contributed by atoms with van der Waals surface area (Å²) in [7, 11) is 0. The molecule has 2 aromatic rings. The largest absolute Gasteiger partial charge is 0.490 e. The van der Waals surface area contributed by atoms with Gasteiger partial charge < -0.3 is 14.8 Å². The van der Waals surface area contributed by atoms with E-state index in [2.05, 4.69) is 5.32 Å². The van der Waals surface area contributed by atoms with Gasteiger partial charge in [-0.1, -0.05) is 18.2 Å². The van der Waals surface area contributed by atoms with Crippen molar-refractivity contribution in [1.82, 2.24) is 5.32 Å². The maximum atomic E-state index is 12.7. The molecule has 0 unspecified atom stereocenters. The van der Waals surface area contributed by atoms with Crippen LogP contribution in [0.4, 0.5) is 4.39 Å². The number of benzene rings is 2. The monoisotopic (exact) mass is 345 g/mol. The Morgan fingerprint density at radius 3 is 2.48 bits per heavy atom. The van der Waals surface area contributed by atoms with E-state index in [0.717, 1.165) is 5.56 Å². The molecule has 0 saturated carbocycles. The fourth-order valence-corrected chi connectivity index (χ4v) is 2.12. The highest BCUT2D eigenvalue weighted by Crippen LogP contribution is 2.10. The van der Waals surface area contributed by atoms with Crippen LogP contribution in [0.25, 0.3) is 0 Å². The van der Waals surface area contributed by atoms with Crippen LogP contribution in [0.5, 0.6) is 5.75 Å². The van der Waals surface area contributed by atoms with E-state index in [4.69, 9.17) is 9.47 Å². The lowest BCUT2D eigenvalue weighted by Gasteiger charge is -2.09. The summed E-state index contributed by atoms with van der Waals surface area (Å²) >= 11 is 0. The quantitative estimate of drug-likeness (QED) is 0.590. The Balaban J connectivity index is 1.60. The second kappa shape index (κ2) is 9.42. The van der Waals surface area contributed by atoms with Crippen LogP contribution in [0.2, 0.25) is 0 Å². The van der Waals surface area contributed by atoms with Gasteiger partial charge in [-0.3, -0.25) is 9.59 Å². The normalized spacial score (nSPS) is 10.2. The van der Waals surface area contributed by atoms with Gasteiger partial charge in [0.05, 0.1) is 6.42 Å². The fraction of sp³-hybridized carbons (Fsp3) is 0.263. The molecule has 0 fully saturated rings. The second-order valence-electron chi connectivity index (χ2n) is 5.34. The number of halogens is 1. The maximum Gasteiger partial charge on any atom is 0.307 e. The van der Waals surface area contributed by atoms with Crippen molar-refractivity contribution in [3.63, 3.8) is 0 Å². The van der Waals surface area contributed by atoms with Crippen LogP contribution in [0.15, 0.2) is 48.5 Å². The lowest BCUT2D eigenvalue weighted by molar-refractivity contribution is -0.144. The first kappa shape index (κ1) is 18.4. The molecule has 2 aromatic carbocycles. The molecule has 0 aliphatic heterocycles. The van der Waals surface area contributed by atoms with Crippen LogP contribution in [0, 0.1) is 12.7 Å². The summed E-state index contributed by atoms with van der Waals surface area (Å²) in [6.07, 6.45) is 0.0775. The van der Waals surface area contributed by atoms with E-state index in [9.17, 15) is 14.0 Å². The first-order valence-electron chi connectivity index (χ1n) is 7.94. The topological polar surface area (TPSA) is 64.6 Å². The third-order valence-corrected chi connectivity index (χ3v) is 3.43. The number of aryl methyl sites for hydroxylation is 1. The minimum Gasteiger partial charge on any atom is -0.490 e. The Bertz CT molecular complexity index is 716. The van der Waals surface area contributed by atoms with Crippen molar-refractivity contribution in [2.75, 3.05) is 19.8 Å². The molecule has 1 amide bonds. The Morgan fingerprint density at radius 1 is 1.04 bits per heavy atom. The minimum atomic E-state index is -0.423. The van der Waals surface area contributed by atoms with Crippen molar-refractivity contribution in [3.05, 3.63) is 65.5 Å². The van der Waals surface area contributed by atoms with E-state index in [0.29, 0.717) is 11.3 Å². The summed E-state index contributed by atoms with van der Waals surface area (Å²) < 4.78 is 23.1.